The van der Waals surface area contributed by atoms with Crippen LogP contribution in [0.25, 0.3) is 0 Å². The summed E-state index contributed by atoms with van der Waals surface area (Å²) in [5.41, 5.74) is 3.37. The van der Waals surface area contributed by atoms with Crippen molar-refractivity contribution >= 4 is 11.6 Å². The van der Waals surface area contributed by atoms with Crippen molar-refractivity contribution in [2.24, 2.45) is 0 Å². The highest BCUT2D eigenvalue weighted by Gasteiger charge is 2.11. The first kappa shape index (κ1) is 17.0. The van der Waals surface area contributed by atoms with Crippen molar-refractivity contribution < 1.29 is 14.4 Å². The summed E-state index contributed by atoms with van der Waals surface area (Å²) in [6, 6.07) is 15.9. The van der Waals surface area contributed by atoms with Crippen LogP contribution in [0.5, 0.6) is 5.75 Å². The molecule has 0 saturated carbocycles. The number of hydrogen-bond acceptors (Lipinski definition) is 2. The summed E-state index contributed by atoms with van der Waals surface area (Å²) in [5.74, 6) is 0.791. The maximum Gasteiger partial charge on any atom is 0.279 e. The number of likely N-dealkylation sites (N-methyl/N-ethyl adjacent to an activating group) is 1. The second-order valence-corrected chi connectivity index (χ2v) is 5.76. The zero-order valence-corrected chi connectivity index (χ0v) is 14.1. The standard InChI is InChI=1S/C19H24N2O2/c1-4-15-5-7-16(8-6-15)13-21(2)14-19(22)20-17-9-11-18(23-3)12-10-17/h5-12H,4,13-14H2,1-3H3,(H,20,22)/p+1. The summed E-state index contributed by atoms with van der Waals surface area (Å²) in [6.07, 6.45) is 1.05. The third-order valence-corrected chi connectivity index (χ3v) is 3.77. The van der Waals surface area contributed by atoms with Gasteiger partial charge in [0.05, 0.1) is 14.2 Å². The predicted octanol–water partition coefficient (Wildman–Crippen LogP) is 1.91. The molecule has 2 N–H and O–H groups in total. The van der Waals surface area contributed by atoms with Crippen LogP contribution in [0.1, 0.15) is 18.1 Å². The van der Waals surface area contributed by atoms with Crippen LogP contribution in [-0.2, 0) is 17.8 Å². The maximum atomic E-state index is 12.1. The number of nitrogens with one attached hydrogen (secondary N) is 2. The Balaban J connectivity index is 1.83. The van der Waals surface area contributed by atoms with Crippen LogP contribution < -0.4 is 15.0 Å². The summed E-state index contributed by atoms with van der Waals surface area (Å²) < 4.78 is 5.10. The summed E-state index contributed by atoms with van der Waals surface area (Å²) in [7, 11) is 3.65. The number of benzene rings is 2. The van der Waals surface area contributed by atoms with Crippen LogP contribution in [0.4, 0.5) is 5.69 Å². The minimum atomic E-state index is 0.0119. The number of aryl methyl sites for hydroxylation is 1. The van der Waals surface area contributed by atoms with Gasteiger partial charge in [0.1, 0.15) is 12.3 Å². The molecule has 23 heavy (non-hydrogen) atoms. The molecule has 0 aliphatic rings. The molecule has 2 aromatic rings. The van der Waals surface area contributed by atoms with E-state index in [0.717, 1.165) is 29.3 Å². The van der Waals surface area contributed by atoms with E-state index >= 15 is 0 Å². The largest absolute Gasteiger partial charge is 0.497 e. The van der Waals surface area contributed by atoms with Crippen LogP contribution >= 0.6 is 0 Å². The lowest BCUT2D eigenvalue weighted by Crippen LogP contribution is -3.08. The molecule has 0 aliphatic heterocycles. The van der Waals surface area contributed by atoms with E-state index in [1.165, 1.54) is 11.1 Å². The van der Waals surface area contributed by atoms with E-state index in [2.05, 4.69) is 36.5 Å². The predicted molar refractivity (Wildman–Crippen MR) is 92.9 cm³/mol. The first-order valence-corrected chi connectivity index (χ1v) is 7.93. The van der Waals surface area contributed by atoms with Gasteiger partial charge in [0.2, 0.25) is 0 Å². The molecule has 0 bridgehead atoms. The Kier molecular flexibility index (Phi) is 6.18. The van der Waals surface area contributed by atoms with Crippen molar-refractivity contribution in [1.29, 1.82) is 0 Å². The molecule has 0 heterocycles. The molecule has 4 heteroatoms. The minimum Gasteiger partial charge on any atom is -0.497 e. The Morgan fingerprint density at radius 3 is 2.22 bits per heavy atom. The molecular formula is C19H25N2O2+. The van der Waals surface area contributed by atoms with Crippen molar-refractivity contribution in [3.05, 3.63) is 59.7 Å². The molecule has 1 atom stereocenters. The number of carbonyl (C=O) groups is 1. The number of amides is 1. The van der Waals surface area contributed by atoms with E-state index in [4.69, 9.17) is 4.74 Å². The molecule has 0 spiro atoms. The fourth-order valence-corrected chi connectivity index (χ4v) is 2.46. The van der Waals surface area contributed by atoms with E-state index < -0.39 is 0 Å². The first-order valence-electron chi connectivity index (χ1n) is 7.93. The Morgan fingerprint density at radius 2 is 1.65 bits per heavy atom. The number of quaternary nitrogens is 1. The molecule has 0 radical (unpaired) electrons. The molecule has 0 saturated heterocycles. The third kappa shape index (κ3) is 5.42. The summed E-state index contributed by atoms with van der Waals surface area (Å²) >= 11 is 0. The van der Waals surface area contributed by atoms with Gasteiger partial charge < -0.3 is 15.0 Å². The van der Waals surface area contributed by atoms with Gasteiger partial charge in [0, 0.05) is 11.3 Å². The van der Waals surface area contributed by atoms with Gasteiger partial charge in [-0.1, -0.05) is 31.2 Å². The second-order valence-electron chi connectivity index (χ2n) is 5.76. The molecular weight excluding hydrogens is 288 g/mol. The van der Waals surface area contributed by atoms with Crippen LogP contribution in [0, 0.1) is 0 Å². The summed E-state index contributed by atoms with van der Waals surface area (Å²) in [6.45, 7) is 3.41. The van der Waals surface area contributed by atoms with Gasteiger partial charge in [-0.15, -0.1) is 0 Å². The summed E-state index contributed by atoms with van der Waals surface area (Å²) in [5, 5.41) is 2.91. The number of hydrogen-bond donors (Lipinski definition) is 2. The molecule has 4 nitrogen and oxygen atoms in total. The zero-order valence-electron chi connectivity index (χ0n) is 14.1. The fourth-order valence-electron chi connectivity index (χ4n) is 2.46. The Morgan fingerprint density at radius 1 is 1.04 bits per heavy atom. The van der Waals surface area contributed by atoms with Crippen LogP contribution in [0.3, 0.4) is 0 Å². The Hall–Kier alpha value is -2.33. The van der Waals surface area contributed by atoms with E-state index in [0.29, 0.717) is 6.54 Å². The smallest absolute Gasteiger partial charge is 0.279 e. The van der Waals surface area contributed by atoms with E-state index in [1.807, 2.05) is 31.3 Å². The number of methoxy groups -OCH3 is 1. The average molecular weight is 313 g/mol. The van der Waals surface area contributed by atoms with Crippen molar-refractivity contribution in [3.63, 3.8) is 0 Å². The zero-order chi connectivity index (χ0) is 16.7. The van der Waals surface area contributed by atoms with Gasteiger partial charge >= 0.3 is 0 Å². The highest BCUT2D eigenvalue weighted by molar-refractivity contribution is 5.91. The average Bonchev–Trinajstić information content (AvgIpc) is 2.56. The second kappa shape index (κ2) is 8.34. The SMILES string of the molecule is CCc1ccc(C[NH+](C)CC(=O)Nc2ccc(OC)cc2)cc1. The van der Waals surface area contributed by atoms with Gasteiger partial charge in [-0.05, 0) is 36.2 Å². The lowest BCUT2D eigenvalue weighted by atomic mass is 10.1. The molecule has 2 rings (SSSR count). The van der Waals surface area contributed by atoms with E-state index in [-0.39, 0.29) is 5.91 Å². The molecule has 122 valence electrons. The number of carbonyl (C=O) groups excluding carboxylic acids is 1. The highest BCUT2D eigenvalue weighted by Crippen LogP contribution is 2.14. The monoisotopic (exact) mass is 313 g/mol. The Bertz CT molecular complexity index is 621. The van der Waals surface area contributed by atoms with Gasteiger partial charge in [-0.2, -0.15) is 0 Å². The summed E-state index contributed by atoms with van der Waals surface area (Å²) in [4.78, 5) is 13.3. The lowest BCUT2D eigenvalue weighted by Gasteiger charge is -2.14. The van der Waals surface area contributed by atoms with Crippen molar-refractivity contribution in [3.8, 4) is 5.75 Å². The van der Waals surface area contributed by atoms with Crippen LogP contribution in [0.15, 0.2) is 48.5 Å². The number of ether oxygens (including phenoxy) is 1. The highest BCUT2D eigenvalue weighted by atomic mass is 16.5. The fraction of sp³-hybridized carbons (Fsp3) is 0.316. The minimum absolute atomic E-state index is 0.0119. The van der Waals surface area contributed by atoms with E-state index in [1.54, 1.807) is 7.11 Å². The molecule has 0 fully saturated rings. The molecule has 0 aliphatic carbocycles. The quantitative estimate of drug-likeness (QED) is 0.820. The molecule has 1 amide bonds. The topological polar surface area (TPSA) is 42.8 Å². The van der Waals surface area contributed by atoms with E-state index in [9.17, 15) is 4.79 Å². The van der Waals surface area contributed by atoms with Gasteiger partial charge in [0.25, 0.3) is 5.91 Å². The van der Waals surface area contributed by atoms with Crippen LogP contribution in [-0.4, -0.2) is 26.6 Å². The normalized spacial score (nSPS) is 11.8. The van der Waals surface area contributed by atoms with Crippen LogP contribution in [0.2, 0.25) is 0 Å². The first-order chi connectivity index (χ1) is 11.1. The maximum absolute atomic E-state index is 12.1. The lowest BCUT2D eigenvalue weighted by molar-refractivity contribution is -0.885. The van der Waals surface area contributed by atoms with Crippen molar-refractivity contribution in [2.45, 2.75) is 19.9 Å². The van der Waals surface area contributed by atoms with Gasteiger partial charge in [0.15, 0.2) is 6.54 Å². The molecule has 1 unspecified atom stereocenters. The molecule has 2 aromatic carbocycles. The van der Waals surface area contributed by atoms with Crippen molar-refractivity contribution in [2.75, 3.05) is 26.0 Å². The molecule has 0 aromatic heterocycles. The van der Waals surface area contributed by atoms with Gasteiger partial charge in [-0.3, -0.25) is 4.79 Å². The van der Waals surface area contributed by atoms with Crippen molar-refractivity contribution in [1.82, 2.24) is 0 Å². The number of rotatable bonds is 7. The third-order valence-electron chi connectivity index (χ3n) is 3.77. The number of anilines is 1. The Labute approximate surface area is 138 Å². The van der Waals surface area contributed by atoms with Gasteiger partial charge in [-0.25, -0.2) is 0 Å².